The Morgan fingerprint density at radius 2 is 2.00 bits per heavy atom. The van der Waals surface area contributed by atoms with Crippen molar-refractivity contribution in [3.05, 3.63) is 28.8 Å². The van der Waals surface area contributed by atoms with E-state index in [2.05, 4.69) is 5.32 Å². The van der Waals surface area contributed by atoms with Gasteiger partial charge in [-0.2, -0.15) is 13.2 Å². The zero-order valence-corrected chi connectivity index (χ0v) is 9.27. The molecule has 0 amide bonds. The number of anilines is 1. The quantitative estimate of drug-likeness (QED) is 0.880. The molecule has 0 saturated carbocycles. The largest absolute Gasteiger partial charge is 0.481 e. The molecule has 0 fully saturated rings. The summed E-state index contributed by atoms with van der Waals surface area (Å²) >= 11 is 5.54. The normalized spacial score (nSPS) is 11.3. The Bertz CT molecular complexity index is 421. The van der Waals surface area contributed by atoms with E-state index in [0.717, 1.165) is 12.1 Å². The molecule has 3 nitrogen and oxygen atoms in total. The Balaban J connectivity index is 2.79. The summed E-state index contributed by atoms with van der Waals surface area (Å²) in [6.45, 7) is 0.0347. The van der Waals surface area contributed by atoms with Crippen LogP contribution in [0.25, 0.3) is 0 Å². The number of hydrogen-bond donors (Lipinski definition) is 2. The first-order valence-electron chi connectivity index (χ1n) is 4.62. The van der Waals surface area contributed by atoms with Gasteiger partial charge >= 0.3 is 12.1 Å². The van der Waals surface area contributed by atoms with E-state index in [9.17, 15) is 18.0 Å². The minimum Gasteiger partial charge on any atom is -0.481 e. The van der Waals surface area contributed by atoms with Crippen LogP contribution in [0.5, 0.6) is 0 Å². The average molecular weight is 268 g/mol. The number of carboxylic acids is 1. The Morgan fingerprint density at radius 3 is 2.53 bits per heavy atom. The van der Waals surface area contributed by atoms with Crippen molar-refractivity contribution in [2.75, 3.05) is 11.9 Å². The van der Waals surface area contributed by atoms with Gasteiger partial charge in [0.15, 0.2) is 0 Å². The molecular formula is C10H9ClF3NO2. The number of alkyl halides is 3. The number of halogens is 4. The lowest BCUT2D eigenvalue weighted by atomic mass is 10.2. The van der Waals surface area contributed by atoms with Crippen LogP contribution in [0, 0.1) is 0 Å². The predicted molar refractivity (Wildman–Crippen MR) is 57.2 cm³/mol. The average Bonchev–Trinajstić information content (AvgIpc) is 2.14. The van der Waals surface area contributed by atoms with E-state index in [0.29, 0.717) is 0 Å². The minimum absolute atomic E-state index is 0.0347. The molecule has 0 saturated heterocycles. The van der Waals surface area contributed by atoms with Gasteiger partial charge in [-0.15, -0.1) is 0 Å². The van der Waals surface area contributed by atoms with Gasteiger partial charge in [0, 0.05) is 17.3 Å². The van der Waals surface area contributed by atoms with Gasteiger partial charge in [-0.3, -0.25) is 4.79 Å². The molecule has 0 aliphatic carbocycles. The number of hydrogen-bond acceptors (Lipinski definition) is 2. The van der Waals surface area contributed by atoms with E-state index in [1.165, 1.54) is 6.07 Å². The summed E-state index contributed by atoms with van der Waals surface area (Å²) < 4.78 is 37.3. The highest BCUT2D eigenvalue weighted by Gasteiger charge is 2.31. The molecule has 2 N–H and O–H groups in total. The molecular weight excluding hydrogens is 259 g/mol. The highest BCUT2D eigenvalue weighted by molar-refractivity contribution is 6.30. The molecule has 7 heteroatoms. The first-order chi connectivity index (χ1) is 7.79. The molecule has 0 radical (unpaired) electrons. The zero-order valence-electron chi connectivity index (χ0n) is 8.51. The van der Waals surface area contributed by atoms with Crippen LogP contribution in [-0.2, 0) is 11.0 Å². The SMILES string of the molecule is O=C(O)CCNc1cc(Cl)cc(C(F)(F)F)c1. The van der Waals surface area contributed by atoms with Crippen molar-refractivity contribution in [2.45, 2.75) is 12.6 Å². The Labute approximate surface area is 100 Å². The van der Waals surface area contributed by atoms with E-state index in [1.54, 1.807) is 0 Å². The van der Waals surface area contributed by atoms with Gasteiger partial charge in [0.05, 0.1) is 12.0 Å². The molecule has 0 aliphatic heterocycles. The number of rotatable bonds is 4. The van der Waals surface area contributed by atoms with Crippen molar-refractivity contribution >= 4 is 23.3 Å². The van der Waals surface area contributed by atoms with E-state index < -0.39 is 17.7 Å². The first-order valence-corrected chi connectivity index (χ1v) is 5.00. The topological polar surface area (TPSA) is 49.3 Å². The summed E-state index contributed by atoms with van der Waals surface area (Å²) in [5.41, 5.74) is -0.728. The number of carbonyl (C=O) groups is 1. The van der Waals surface area contributed by atoms with Crippen LogP contribution in [0.15, 0.2) is 18.2 Å². The maximum Gasteiger partial charge on any atom is 0.416 e. The van der Waals surface area contributed by atoms with Crippen LogP contribution >= 0.6 is 11.6 Å². The van der Waals surface area contributed by atoms with Crippen LogP contribution in [-0.4, -0.2) is 17.6 Å². The molecule has 0 aromatic heterocycles. The van der Waals surface area contributed by atoms with Crippen molar-refractivity contribution in [3.8, 4) is 0 Å². The fourth-order valence-electron chi connectivity index (χ4n) is 1.17. The molecule has 0 heterocycles. The first kappa shape index (κ1) is 13.6. The van der Waals surface area contributed by atoms with Crippen molar-refractivity contribution in [2.24, 2.45) is 0 Å². The Kier molecular flexibility index (Phi) is 4.22. The second-order valence-corrected chi connectivity index (χ2v) is 3.73. The van der Waals surface area contributed by atoms with E-state index >= 15 is 0 Å². The molecule has 0 unspecified atom stereocenters. The molecule has 1 rings (SSSR count). The van der Waals surface area contributed by atoms with Crippen LogP contribution in [0.4, 0.5) is 18.9 Å². The van der Waals surface area contributed by atoms with Gasteiger partial charge < -0.3 is 10.4 Å². The van der Waals surface area contributed by atoms with E-state index in [-0.39, 0.29) is 23.7 Å². The fourth-order valence-corrected chi connectivity index (χ4v) is 1.40. The maximum absolute atomic E-state index is 12.4. The van der Waals surface area contributed by atoms with Crippen molar-refractivity contribution < 1.29 is 23.1 Å². The third-order valence-corrected chi connectivity index (χ3v) is 2.11. The van der Waals surface area contributed by atoms with Gasteiger partial charge in [-0.1, -0.05) is 11.6 Å². The lowest BCUT2D eigenvalue weighted by Gasteiger charge is -2.11. The standard InChI is InChI=1S/C10H9ClF3NO2/c11-7-3-6(10(12,13)14)4-8(5-7)15-2-1-9(16)17/h3-5,15H,1-2H2,(H,16,17). The van der Waals surface area contributed by atoms with E-state index in [4.69, 9.17) is 16.7 Å². The molecule has 94 valence electrons. The Hall–Kier alpha value is -1.43. The fraction of sp³-hybridized carbons (Fsp3) is 0.300. The summed E-state index contributed by atoms with van der Waals surface area (Å²) in [4.78, 5) is 10.2. The summed E-state index contributed by atoms with van der Waals surface area (Å²) in [6.07, 6.45) is -4.66. The summed E-state index contributed by atoms with van der Waals surface area (Å²) in [7, 11) is 0. The summed E-state index contributed by atoms with van der Waals surface area (Å²) in [6, 6.07) is 3.00. The van der Waals surface area contributed by atoms with Gasteiger partial charge in [-0.05, 0) is 18.2 Å². The Morgan fingerprint density at radius 1 is 1.35 bits per heavy atom. The highest BCUT2D eigenvalue weighted by Crippen LogP contribution is 2.33. The third kappa shape index (κ3) is 4.52. The lowest BCUT2D eigenvalue weighted by molar-refractivity contribution is -0.138. The number of carboxylic acid groups (broad SMARTS) is 1. The van der Waals surface area contributed by atoms with Gasteiger partial charge in [-0.25, -0.2) is 0 Å². The molecule has 1 aromatic carbocycles. The van der Waals surface area contributed by atoms with Crippen LogP contribution < -0.4 is 5.32 Å². The predicted octanol–water partition coefficient (Wildman–Crippen LogP) is 3.25. The smallest absolute Gasteiger partial charge is 0.416 e. The molecule has 0 atom stereocenters. The highest BCUT2D eigenvalue weighted by atomic mass is 35.5. The van der Waals surface area contributed by atoms with Gasteiger partial charge in [0.2, 0.25) is 0 Å². The molecule has 1 aromatic rings. The lowest BCUT2D eigenvalue weighted by Crippen LogP contribution is -2.09. The summed E-state index contributed by atoms with van der Waals surface area (Å²) in [5.74, 6) is -1.03. The second kappa shape index (κ2) is 5.27. The summed E-state index contributed by atoms with van der Waals surface area (Å²) in [5, 5.41) is 10.9. The van der Waals surface area contributed by atoms with Crippen molar-refractivity contribution in [3.63, 3.8) is 0 Å². The van der Waals surface area contributed by atoms with Crippen molar-refractivity contribution in [1.82, 2.24) is 0 Å². The zero-order chi connectivity index (χ0) is 13.1. The number of aliphatic carboxylic acids is 1. The molecule has 0 aliphatic rings. The minimum atomic E-state index is -4.48. The molecule has 0 bridgehead atoms. The third-order valence-electron chi connectivity index (χ3n) is 1.89. The van der Waals surface area contributed by atoms with Crippen LogP contribution in [0.2, 0.25) is 5.02 Å². The molecule has 17 heavy (non-hydrogen) atoms. The monoisotopic (exact) mass is 267 g/mol. The molecule has 0 spiro atoms. The van der Waals surface area contributed by atoms with E-state index in [1.807, 2.05) is 0 Å². The number of benzene rings is 1. The van der Waals surface area contributed by atoms with Crippen LogP contribution in [0.1, 0.15) is 12.0 Å². The van der Waals surface area contributed by atoms with Gasteiger partial charge in [0.25, 0.3) is 0 Å². The van der Waals surface area contributed by atoms with Crippen molar-refractivity contribution in [1.29, 1.82) is 0 Å². The second-order valence-electron chi connectivity index (χ2n) is 3.30. The van der Waals surface area contributed by atoms with Gasteiger partial charge in [0.1, 0.15) is 0 Å². The number of nitrogens with one attached hydrogen (secondary N) is 1. The maximum atomic E-state index is 12.4. The van der Waals surface area contributed by atoms with Crippen LogP contribution in [0.3, 0.4) is 0 Å².